The van der Waals surface area contributed by atoms with Crippen LogP contribution < -0.4 is 4.90 Å². The maximum Gasteiger partial charge on any atom is 0.326 e. The number of halogens is 1. The Morgan fingerprint density at radius 3 is 3.13 bits per heavy atom. The molecule has 0 aliphatic carbocycles. The molecule has 0 amide bonds. The van der Waals surface area contributed by atoms with Crippen molar-refractivity contribution in [3.63, 3.8) is 0 Å². The first kappa shape index (κ1) is 10.4. The monoisotopic (exact) mass is 270 g/mol. The lowest BCUT2D eigenvalue weighted by atomic mass is 10.2. The Hall–Kier alpha value is -1.10. The number of anilines is 1. The van der Waals surface area contributed by atoms with Crippen LogP contribution in [0.15, 0.2) is 22.8 Å². The fourth-order valence-corrected chi connectivity index (χ4v) is 2.35. The summed E-state index contributed by atoms with van der Waals surface area (Å²) in [5, 5.41) is 9.05. The molecule has 1 atom stereocenters. The SMILES string of the molecule is O=C(O)[C@H]1CCCN1c1ncccc1Br. The minimum atomic E-state index is -0.773. The average Bonchev–Trinajstić information content (AvgIpc) is 2.67. The highest BCUT2D eigenvalue weighted by Crippen LogP contribution is 2.29. The van der Waals surface area contributed by atoms with Crippen LogP contribution in [0.1, 0.15) is 12.8 Å². The molecule has 0 aromatic carbocycles. The second-order valence-corrected chi connectivity index (χ2v) is 4.35. The van der Waals surface area contributed by atoms with Crippen molar-refractivity contribution >= 4 is 27.7 Å². The van der Waals surface area contributed by atoms with Gasteiger partial charge in [0, 0.05) is 12.7 Å². The van der Waals surface area contributed by atoms with Gasteiger partial charge in [0.1, 0.15) is 11.9 Å². The van der Waals surface area contributed by atoms with Crippen molar-refractivity contribution in [3.8, 4) is 0 Å². The van der Waals surface area contributed by atoms with Gasteiger partial charge in [-0.3, -0.25) is 0 Å². The molecule has 0 radical (unpaired) electrons. The van der Waals surface area contributed by atoms with Crippen molar-refractivity contribution in [1.29, 1.82) is 0 Å². The fourth-order valence-electron chi connectivity index (χ4n) is 1.87. The van der Waals surface area contributed by atoms with Gasteiger partial charge in [0.05, 0.1) is 4.47 Å². The predicted octanol–water partition coefficient (Wildman–Crippen LogP) is 1.90. The molecule has 1 fully saturated rings. The average molecular weight is 271 g/mol. The van der Waals surface area contributed by atoms with Crippen LogP contribution in [0.4, 0.5) is 5.82 Å². The van der Waals surface area contributed by atoms with Crippen LogP contribution >= 0.6 is 15.9 Å². The molecule has 1 aliphatic rings. The standard InChI is InChI=1S/C10H11BrN2O2/c11-7-3-1-5-12-9(7)13-6-2-4-8(13)10(14)15/h1,3,5,8H,2,4,6H2,(H,14,15)/t8-/m1/s1. The van der Waals surface area contributed by atoms with Crippen molar-refractivity contribution in [3.05, 3.63) is 22.8 Å². The van der Waals surface area contributed by atoms with E-state index in [1.165, 1.54) is 0 Å². The molecule has 80 valence electrons. The predicted molar refractivity (Wildman–Crippen MR) is 59.9 cm³/mol. The first-order valence-corrected chi connectivity index (χ1v) is 5.59. The summed E-state index contributed by atoms with van der Waals surface area (Å²) < 4.78 is 0.846. The molecule has 5 heteroatoms. The van der Waals surface area contributed by atoms with Gasteiger partial charge in [-0.15, -0.1) is 0 Å². The minimum absolute atomic E-state index is 0.434. The summed E-state index contributed by atoms with van der Waals surface area (Å²) in [6.45, 7) is 0.757. The Morgan fingerprint density at radius 1 is 1.67 bits per heavy atom. The van der Waals surface area contributed by atoms with E-state index in [-0.39, 0.29) is 0 Å². The Balaban J connectivity index is 2.30. The van der Waals surface area contributed by atoms with Gasteiger partial charge in [0.25, 0.3) is 0 Å². The largest absolute Gasteiger partial charge is 0.480 e. The molecule has 1 N–H and O–H groups in total. The third-order valence-electron chi connectivity index (χ3n) is 2.55. The zero-order chi connectivity index (χ0) is 10.8. The van der Waals surface area contributed by atoms with Crippen LogP contribution in [0.2, 0.25) is 0 Å². The number of carboxylic acids is 1. The lowest BCUT2D eigenvalue weighted by molar-refractivity contribution is -0.138. The van der Waals surface area contributed by atoms with E-state index in [4.69, 9.17) is 5.11 Å². The van der Waals surface area contributed by atoms with Gasteiger partial charge in [0.15, 0.2) is 0 Å². The van der Waals surface area contributed by atoms with Gasteiger partial charge in [-0.2, -0.15) is 0 Å². The van der Waals surface area contributed by atoms with Gasteiger partial charge in [-0.05, 0) is 40.9 Å². The Kier molecular flexibility index (Phi) is 2.90. The van der Waals surface area contributed by atoms with Crippen molar-refractivity contribution < 1.29 is 9.90 Å². The van der Waals surface area contributed by atoms with Gasteiger partial charge in [0.2, 0.25) is 0 Å². The first-order valence-electron chi connectivity index (χ1n) is 4.80. The Bertz CT molecular complexity index is 383. The van der Waals surface area contributed by atoms with Gasteiger partial charge >= 0.3 is 5.97 Å². The molecule has 1 saturated heterocycles. The maximum absolute atomic E-state index is 11.0. The number of rotatable bonds is 2. The molecule has 0 saturated carbocycles. The van der Waals surface area contributed by atoms with E-state index < -0.39 is 12.0 Å². The molecule has 1 aromatic rings. The number of hydrogen-bond donors (Lipinski definition) is 1. The summed E-state index contributed by atoms with van der Waals surface area (Å²) in [6.07, 6.45) is 3.27. The normalized spacial score (nSPS) is 20.6. The van der Waals surface area contributed by atoms with Crippen molar-refractivity contribution in [1.82, 2.24) is 4.98 Å². The number of aromatic nitrogens is 1. The van der Waals surface area contributed by atoms with E-state index in [9.17, 15) is 4.79 Å². The number of carbonyl (C=O) groups is 1. The smallest absolute Gasteiger partial charge is 0.326 e. The van der Waals surface area contributed by atoms with Gasteiger partial charge in [-0.25, -0.2) is 9.78 Å². The van der Waals surface area contributed by atoms with Gasteiger partial charge in [-0.1, -0.05) is 0 Å². The topological polar surface area (TPSA) is 53.4 Å². The van der Waals surface area contributed by atoms with Crippen molar-refractivity contribution in [2.45, 2.75) is 18.9 Å². The number of nitrogens with zero attached hydrogens (tertiary/aromatic N) is 2. The zero-order valence-corrected chi connectivity index (χ0v) is 9.64. The highest BCUT2D eigenvalue weighted by molar-refractivity contribution is 9.10. The van der Waals surface area contributed by atoms with E-state index in [2.05, 4.69) is 20.9 Å². The Labute approximate surface area is 96.1 Å². The molecule has 1 aromatic heterocycles. The molecule has 0 unspecified atom stereocenters. The van der Waals surface area contributed by atoms with Crippen LogP contribution in [0.25, 0.3) is 0 Å². The lowest BCUT2D eigenvalue weighted by Crippen LogP contribution is -2.36. The molecule has 1 aliphatic heterocycles. The zero-order valence-electron chi connectivity index (χ0n) is 8.06. The van der Waals surface area contributed by atoms with E-state index in [0.29, 0.717) is 6.42 Å². The number of carboxylic acid groups (broad SMARTS) is 1. The summed E-state index contributed by atoms with van der Waals surface area (Å²) in [7, 11) is 0. The lowest BCUT2D eigenvalue weighted by Gasteiger charge is -2.23. The van der Waals surface area contributed by atoms with E-state index in [1.807, 2.05) is 17.0 Å². The van der Waals surface area contributed by atoms with E-state index in [0.717, 1.165) is 23.3 Å². The highest BCUT2D eigenvalue weighted by Gasteiger charge is 2.32. The maximum atomic E-state index is 11.0. The highest BCUT2D eigenvalue weighted by atomic mass is 79.9. The number of hydrogen-bond acceptors (Lipinski definition) is 3. The summed E-state index contributed by atoms with van der Waals surface area (Å²) in [5.41, 5.74) is 0. The summed E-state index contributed by atoms with van der Waals surface area (Å²) in [6, 6.07) is 3.26. The third-order valence-corrected chi connectivity index (χ3v) is 3.17. The number of pyridine rings is 1. The second kappa shape index (κ2) is 4.18. The first-order chi connectivity index (χ1) is 7.20. The molecule has 4 nitrogen and oxygen atoms in total. The molecule has 0 spiro atoms. The van der Waals surface area contributed by atoms with Gasteiger partial charge < -0.3 is 10.0 Å². The summed E-state index contributed by atoms with van der Waals surface area (Å²) in [5.74, 6) is -0.0487. The summed E-state index contributed by atoms with van der Waals surface area (Å²) >= 11 is 3.39. The molecular formula is C10H11BrN2O2. The molecule has 2 heterocycles. The van der Waals surface area contributed by atoms with Crippen molar-refractivity contribution in [2.24, 2.45) is 0 Å². The van der Waals surface area contributed by atoms with Crippen LogP contribution in [0, 0.1) is 0 Å². The second-order valence-electron chi connectivity index (χ2n) is 3.50. The molecular weight excluding hydrogens is 260 g/mol. The fraction of sp³-hybridized carbons (Fsp3) is 0.400. The Morgan fingerprint density at radius 2 is 2.47 bits per heavy atom. The quantitative estimate of drug-likeness (QED) is 0.892. The minimum Gasteiger partial charge on any atom is -0.480 e. The summed E-state index contributed by atoms with van der Waals surface area (Å²) in [4.78, 5) is 17.1. The third kappa shape index (κ3) is 1.97. The van der Waals surface area contributed by atoms with Crippen molar-refractivity contribution in [2.75, 3.05) is 11.4 Å². The molecule has 15 heavy (non-hydrogen) atoms. The van der Waals surface area contributed by atoms with Crippen LogP contribution in [0.3, 0.4) is 0 Å². The number of aliphatic carboxylic acids is 1. The van der Waals surface area contributed by atoms with Crippen LogP contribution in [-0.4, -0.2) is 28.6 Å². The molecule has 2 rings (SSSR count). The van der Waals surface area contributed by atoms with E-state index >= 15 is 0 Å². The van der Waals surface area contributed by atoms with Crippen LogP contribution in [-0.2, 0) is 4.79 Å². The van der Waals surface area contributed by atoms with Crippen LogP contribution in [0.5, 0.6) is 0 Å². The molecule has 0 bridgehead atoms. The van der Waals surface area contributed by atoms with E-state index in [1.54, 1.807) is 6.20 Å².